The van der Waals surface area contributed by atoms with E-state index in [1.807, 2.05) is 31.2 Å². The molecule has 5 nitrogen and oxygen atoms in total. The van der Waals surface area contributed by atoms with E-state index in [-0.39, 0.29) is 31.0 Å². The maximum atomic E-state index is 13.2. The summed E-state index contributed by atoms with van der Waals surface area (Å²) >= 11 is 12.2. The molecule has 1 N–H and O–H groups in total. The van der Waals surface area contributed by atoms with Gasteiger partial charge in [-0.3, -0.25) is 9.59 Å². The average Bonchev–Trinajstić information content (AvgIpc) is 2.81. The SMILES string of the molecule is CCC(C(=O)NC1CCCCC1)N(Cc1ccc(Cl)c(Cl)c1)C(=O)COc1ccccc1. The summed E-state index contributed by atoms with van der Waals surface area (Å²) in [5.41, 5.74) is 0.802. The molecule has 3 rings (SSSR count). The van der Waals surface area contributed by atoms with Crippen molar-refractivity contribution in [2.24, 2.45) is 0 Å². The summed E-state index contributed by atoms with van der Waals surface area (Å²) in [7, 11) is 0. The molecule has 0 aliphatic heterocycles. The summed E-state index contributed by atoms with van der Waals surface area (Å²) < 4.78 is 5.68. The van der Waals surface area contributed by atoms with Crippen LogP contribution in [0.1, 0.15) is 51.0 Å². The lowest BCUT2D eigenvalue weighted by Gasteiger charge is -2.32. The van der Waals surface area contributed by atoms with Gasteiger partial charge in [0.1, 0.15) is 11.8 Å². The summed E-state index contributed by atoms with van der Waals surface area (Å²) in [6.07, 6.45) is 5.93. The van der Waals surface area contributed by atoms with Crippen molar-refractivity contribution in [1.29, 1.82) is 0 Å². The lowest BCUT2D eigenvalue weighted by atomic mass is 9.95. The van der Waals surface area contributed by atoms with Crippen molar-refractivity contribution in [3.05, 3.63) is 64.1 Å². The Hall–Kier alpha value is -2.24. The Morgan fingerprint density at radius 1 is 1.06 bits per heavy atom. The lowest BCUT2D eigenvalue weighted by molar-refractivity contribution is -0.143. The quantitative estimate of drug-likeness (QED) is 0.510. The van der Waals surface area contributed by atoms with Crippen LogP contribution in [0.5, 0.6) is 5.75 Å². The highest BCUT2D eigenvalue weighted by Gasteiger charge is 2.30. The molecule has 172 valence electrons. The molecule has 32 heavy (non-hydrogen) atoms. The predicted molar refractivity (Wildman–Crippen MR) is 128 cm³/mol. The van der Waals surface area contributed by atoms with Crippen LogP contribution >= 0.6 is 23.2 Å². The molecule has 1 atom stereocenters. The molecule has 2 aromatic carbocycles. The number of nitrogens with one attached hydrogen (secondary N) is 1. The minimum atomic E-state index is -0.599. The van der Waals surface area contributed by atoms with E-state index in [0.717, 1.165) is 31.2 Å². The maximum absolute atomic E-state index is 13.2. The number of nitrogens with zero attached hydrogens (tertiary/aromatic N) is 1. The van der Waals surface area contributed by atoms with E-state index in [1.165, 1.54) is 6.42 Å². The van der Waals surface area contributed by atoms with E-state index >= 15 is 0 Å². The number of benzene rings is 2. The maximum Gasteiger partial charge on any atom is 0.261 e. The third kappa shape index (κ3) is 6.88. The van der Waals surface area contributed by atoms with Gasteiger partial charge in [-0.2, -0.15) is 0 Å². The summed E-state index contributed by atoms with van der Waals surface area (Å²) in [6, 6.07) is 14.0. The van der Waals surface area contributed by atoms with E-state index in [2.05, 4.69) is 5.32 Å². The zero-order chi connectivity index (χ0) is 22.9. The topological polar surface area (TPSA) is 58.6 Å². The Morgan fingerprint density at radius 2 is 1.78 bits per heavy atom. The van der Waals surface area contributed by atoms with E-state index in [0.29, 0.717) is 22.2 Å². The van der Waals surface area contributed by atoms with Crippen molar-refractivity contribution in [2.75, 3.05) is 6.61 Å². The first-order valence-corrected chi connectivity index (χ1v) is 11.9. The number of ether oxygens (including phenoxy) is 1. The minimum absolute atomic E-state index is 0.118. The molecule has 7 heteroatoms. The zero-order valence-electron chi connectivity index (χ0n) is 18.4. The van der Waals surface area contributed by atoms with Gasteiger partial charge in [0.25, 0.3) is 5.91 Å². The molecule has 0 spiro atoms. The van der Waals surface area contributed by atoms with E-state index in [9.17, 15) is 9.59 Å². The number of para-hydroxylation sites is 1. The number of amides is 2. The van der Waals surface area contributed by atoms with Crippen LogP contribution in [-0.4, -0.2) is 35.4 Å². The lowest BCUT2D eigenvalue weighted by Crippen LogP contribution is -2.52. The molecule has 2 aromatic rings. The average molecular weight is 477 g/mol. The van der Waals surface area contributed by atoms with Gasteiger partial charge in [-0.15, -0.1) is 0 Å². The highest BCUT2D eigenvalue weighted by molar-refractivity contribution is 6.42. The van der Waals surface area contributed by atoms with Crippen LogP contribution in [0, 0.1) is 0 Å². The Balaban J connectivity index is 1.77. The Labute approximate surface area is 200 Å². The van der Waals surface area contributed by atoms with Crippen molar-refractivity contribution in [2.45, 2.75) is 64.1 Å². The summed E-state index contributed by atoms with van der Waals surface area (Å²) in [5, 5.41) is 4.03. The molecule has 0 radical (unpaired) electrons. The number of hydrogen-bond acceptors (Lipinski definition) is 3. The highest BCUT2D eigenvalue weighted by Crippen LogP contribution is 2.24. The molecule has 1 unspecified atom stereocenters. The first kappa shape index (κ1) is 24.4. The van der Waals surface area contributed by atoms with E-state index in [1.54, 1.807) is 29.2 Å². The van der Waals surface area contributed by atoms with Crippen molar-refractivity contribution in [1.82, 2.24) is 10.2 Å². The van der Waals surface area contributed by atoms with Crippen LogP contribution in [0.25, 0.3) is 0 Å². The van der Waals surface area contributed by atoms with Gasteiger partial charge in [0.15, 0.2) is 6.61 Å². The number of carbonyl (C=O) groups is 2. The predicted octanol–water partition coefficient (Wildman–Crippen LogP) is 5.63. The fourth-order valence-corrected chi connectivity index (χ4v) is 4.36. The second-order valence-electron chi connectivity index (χ2n) is 8.14. The molecule has 0 saturated heterocycles. The summed E-state index contributed by atoms with van der Waals surface area (Å²) in [6.45, 7) is 2.00. The largest absolute Gasteiger partial charge is 0.484 e. The van der Waals surface area contributed by atoms with Crippen LogP contribution in [0.2, 0.25) is 10.0 Å². The third-order valence-electron chi connectivity index (χ3n) is 5.78. The van der Waals surface area contributed by atoms with Gasteiger partial charge in [-0.05, 0) is 49.1 Å². The molecule has 0 bridgehead atoms. The van der Waals surface area contributed by atoms with Crippen LogP contribution < -0.4 is 10.1 Å². The number of hydrogen-bond donors (Lipinski definition) is 1. The van der Waals surface area contributed by atoms with Gasteiger partial charge >= 0.3 is 0 Å². The van der Waals surface area contributed by atoms with Gasteiger partial charge in [-0.25, -0.2) is 0 Å². The van der Waals surface area contributed by atoms with Crippen molar-refractivity contribution < 1.29 is 14.3 Å². The zero-order valence-corrected chi connectivity index (χ0v) is 19.9. The first-order chi connectivity index (χ1) is 15.5. The van der Waals surface area contributed by atoms with Crippen LogP contribution in [0.3, 0.4) is 0 Å². The monoisotopic (exact) mass is 476 g/mol. The molecule has 1 aliphatic carbocycles. The second-order valence-corrected chi connectivity index (χ2v) is 8.95. The van der Waals surface area contributed by atoms with Gasteiger partial charge in [0.2, 0.25) is 5.91 Å². The van der Waals surface area contributed by atoms with Gasteiger partial charge in [0, 0.05) is 12.6 Å². The van der Waals surface area contributed by atoms with Crippen molar-refractivity contribution in [3.63, 3.8) is 0 Å². The molecule has 1 saturated carbocycles. The molecule has 1 fully saturated rings. The molecule has 0 aromatic heterocycles. The molecule has 2 amide bonds. The molecule has 0 heterocycles. The summed E-state index contributed by atoms with van der Waals surface area (Å²) in [4.78, 5) is 28.0. The first-order valence-electron chi connectivity index (χ1n) is 11.2. The minimum Gasteiger partial charge on any atom is -0.484 e. The number of carbonyl (C=O) groups excluding carboxylic acids is 2. The Bertz CT molecular complexity index is 901. The summed E-state index contributed by atoms with van der Waals surface area (Å²) in [5.74, 6) is 0.230. The van der Waals surface area contributed by atoms with Gasteiger partial charge < -0.3 is 15.0 Å². The van der Waals surface area contributed by atoms with Gasteiger partial charge in [0.05, 0.1) is 10.0 Å². The van der Waals surface area contributed by atoms with Crippen molar-refractivity contribution >= 4 is 35.0 Å². The van der Waals surface area contributed by atoms with Crippen LogP contribution in [-0.2, 0) is 16.1 Å². The molecular weight excluding hydrogens is 447 g/mol. The second kappa shape index (κ2) is 12.1. The number of halogens is 2. The van der Waals surface area contributed by atoms with Gasteiger partial charge in [-0.1, -0.05) is 73.7 Å². The van der Waals surface area contributed by atoms with E-state index < -0.39 is 6.04 Å². The standard InChI is InChI=1S/C25H30Cl2N2O3/c1-2-23(25(31)28-19-9-5-3-6-10-19)29(16-18-13-14-21(26)22(27)15-18)24(30)17-32-20-11-7-4-8-12-20/h4,7-8,11-15,19,23H,2-3,5-6,9-10,16-17H2,1H3,(H,28,31). The number of rotatable bonds is 9. The normalized spacial score (nSPS) is 15.1. The van der Waals surface area contributed by atoms with Crippen molar-refractivity contribution in [3.8, 4) is 5.75 Å². The van der Waals surface area contributed by atoms with Crippen LogP contribution in [0.15, 0.2) is 48.5 Å². The Morgan fingerprint density at radius 3 is 2.44 bits per heavy atom. The fourth-order valence-electron chi connectivity index (χ4n) is 4.04. The molecular formula is C25H30Cl2N2O3. The molecule has 1 aliphatic rings. The smallest absolute Gasteiger partial charge is 0.261 e. The fraction of sp³-hybridized carbons (Fsp3) is 0.440. The third-order valence-corrected chi connectivity index (χ3v) is 6.52. The highest BCUT2D eigenvalue weighted by atomic mass is 35.5. The van der Waals surface area contributed by atoms with Crippen LogP contribution in [0.4, 0.5) is 0 Å². The van der Waals surface area contributed by atoms with E-state index in [4.69, 9.17) is 27.9 Å². The Kier molecular flexibility index (Phi) is 9.24.